The lowest BCUT2D eigenvalue weighted by atomic mass is 10.0. The van der Waals surface area contributed by atoms with Crippen molar-refractivity contribution in [2.24, 2.45) is 0 Å². The van der Waals surface area contributed by atoms with Crippen LogP contribution in [0.25, 0.3) is 0 Å². The monoisotopic (exact) mass is 420 g/mol. The molecule has 0 aromatic heterocycles. The second kappa shape index (κ2) is 9.46. The largest absolute Gasteiger partial charge is 0.481 e. The van der Waals surface area contributed by atoms with Crippen molar-refractivity contribution >= 4 is 23.2 Å². The number of aliphatic hydroxyl groups is 1. The highest BCUT2D eigenvalue weighted by Gasteiger charge is 2.24. The Balaban J connectivity index is 1.70. The van der Waals surface area contributed by atoms with Crippen LogP contribution in [0.4, 0.5) is 10.1 Å². The average molecular weight is 421 g/mol. The Morgan fingerprint density at radius 2 is 1.97 bits per heavy atom. The zero-order valence-corrected chi connectivity index (χ0v) is 17.3. The molecule has 0 aliphatic carbocycles. The van der Waals surface area contributed by atoms with Crippen molar-refractivity contribution in [1.29, 1.82) is 0 Å². The molecule has 0 bridgehead atoms. The van der Waals surface area contributed by atoms with E-state index in [0.29, 0.717) is 42.3 Å². The van der Waals surface area contributed by atoms with E-state index in [9.17, 15) is 14.3 Å². The number of piperidine rings is 1. The van der Waals surface area contributed by atoms with Gasteiger partial charge in [0, 0.05) is 29.4 Å². The third kappa shape index (κ3) is 5.61. The molecule has 1 fully saturated rings. The van der Waals surface area contributed by atoms with Gasteiger partial charge in [0.1, 0.15) is 11.6 Å². The Labute approximate surface area is 175 Å². The minimum atomic E-state index is -0.738. The number of hydrogen-bond donors (Lipinski definition) is 2. The van der Waals surface area contributed by atoms with Crippen LogP contribution in [0.15, 0.2) is 42.5 Å². The van der Waals surface area contributed by atoms with Gasteiger partial charge in [-0.25, -0.2) is 4.39 Å². The molecule has 1 aliphatic rings. The lowest BCUT2D eigenvalue weighted by Gasteiger charge is -2.34. The van der Waals surface area contributed by atoms with Crippen molar-refractivity contribution in [3.8, 4) is 5.75 Å². The molecule has 156 valence electrons. The van der Waals surface area contributed by atoms with Gasteiger partial charge >= 0.3 is 0 Å². The molecule has 0 spiro atoms. The number of anilines is 1. The third-order valence-corrected chi connectivity index (χ3v) is 5.33. The quantitative estimate of drug-likeness (QED) is 0.739. The van der Waals surface area contributed by atoms with Gasteiger partial charge in [-0.2, -0.15) is 0 Å². The summed E-state index contributed by atoms with van der Waals surface area (Å²) >= 11 is 5.95. The van der Waals surface area contributed by atoms with Crippen molar-refractivity contribution in [1.82, 2.24) is 5.32 Å². The summed E-state index contributed by atoms with van der Waals surface area (Å²) in [4.78, 5) is 14.7. The van der Waals surface area contributed by atoms with E-state index in [1.54, 1.807) is 37.3 Å². The lowest BCUT2D eigenvalue weighted by Crippen LogP contribution is -2.39. The number of ether oxygens (including phenoxy) is 1. The van der Waals surface area contributed by atoms with E-state index in [2.05, 4.69) is 10.2 Å². The van der Waals surface area contributed by atoms with Crippen molar-refractivity contribution in [2.75, 3.05) is 18.0 Å². The van der Waals surface area contributed by atoms with Crippen molar-refractivity contribution in [3.05, 3.63) is 58.9 Å². The Kier molecular flexibility index (Phi) is 6.98. The van der Waals surface area contributed by atoms with Gasteiger partial charge in [-0.15, -0.1) is 0 Å². The number of rotatable bonds is 6. The van der Waals surface area contributed by atoms with Gasteiger partial charge in [-0.3, -0.25) is 4.79 Å². The number of nitrogens with one attached hydrogen (secondary N) is 1. The Bertz CT molecular complexity index is 856. The van der Waals surface area contributed by atoms with Crippen LogP contribution in [0, 0.1) is 5.82 Å². The van der Waals surface area contributed by atoms with Crippen LogP contribution in [0.3, 0.4) is 0 Å². The van der Waals surface area contributed by atoms with Crippen molar-refractivity contribution in [3.63, 3.8) is 0 Å². The topological polar surface area (TPSA) is 61.8 Å². The fraction of sp³-hybridized carbons (Fsp3) is 0.409. The van der Waals surface area contributed by atoms with Crippen LogP contribution < -0.4 is 15.0 Å². The Hall–Kier alpha value is -2.31. The molecule has 2 aromatic carbocycles. The van der Waals surface area contributed by atoms with Gasteiger partial charge in [-0.05, 0) is 63.1 Å². The first-order chi connectivity index (χ1) is 13.8. The molecule has 1 aliphatic heterocycles. The van der Waals surface area contributed by atoms with E-state index in [4.69, 9.17) is 16.3 Å². The van der Waals surface area contributed by atoms with Gasteiger partial charge in [-0.1, -0.05) is 17.7 Å². The highest BCUT2D eigenvalue weighted by atomic mass is 35.5. The number of nitrogens with zero attached hydrogens (tertiary/aromatic N) is 1. The number of carbonyl (C=O) groups is 1. The van der Waals surface area contributed by atoms with Crippen LogP contribution in [-0.4, -0.2) is 36.3 Å². The molecule has 2 N–H and O–H groups in total. The van der Waals surface area contributed by atoms with Crippen LogP contribution in [0.5, 0.6) is 5.75 Å². The molecule has 0 saturated carbocycles. The molecule has 0 unspecified atom stereocenters. The normalized spacial score (nSPS) is 16.9. The second-order valence-corrected chi connectivity index (χ2v) is 7.81. The zero-order chi connectivity index (χ0) is 21.0. The molecule has 3 rings (SSSR count). The molecule has 7 heteroatoms. The Morgan fingerprint density at radius 3 is 2.66 bits per heavy atom. The summed E-state index contributed by atoms with van der Waals surface area (Å²) in [5.41, 5.74) is 1.57. The van der Waals surface area contributed by atoms with Gasteiger partial charge in [0.05, 0.1) is 12.1 Å². The molecule has 2 atom stereocenters. The summed E-state index contributed by atoms with van der Waals surface area (Å²) in [7, 11) is 0. The average Bonchev–Trinajstić information content (AvgIpc) is 2.68. The molecule has 0 radical (unpaired) electrons. The summed E-state index contributed by atoms with van der Waals surface area (Å²) in [6.45, 7) is 4.85. The highest BCUT2D eigenvalue weighted by Crippen LogP contribution is 2.30. The molecule has 2 aromatic rings. The van der Waals surface area contributed by atoms with E-state index < -0.39 is 12.1 Å². The van der Waals surface area contributed by atoms with E-state index in [1.807, 2.05) is 6.92 Å². The van der Waals surface area contributed by atoms with Crippen molar-refractivity contribution < 1.29 is 19.0 Å². The number of carbonyl (C=O) groups excluding carboxylic acids is 1. The molecule has 1 amide bonds. The minimum Gasteiger partial charge on any atom is -0.481 e. The zero-order valence-electron chi connectivity index (χ0n) is 16.6. The Morgan fingerprint density at radius 1 is 1.24 bits per heavy atom. The second-order valence-electron chi connectivity index (χ2n) is 7.37. The van der Waals surface area contributed by atoms with Crippen molar-refractivity contribution in [2.45, 2.75) is 44.9 Å². The standard InChI is InChI=1S/C22H26ClFN2O3/c1-14(25-22(28)15(2)29-19-5-3-4-16(23)12-19)20-13-17(24)6-7-21(20)26-10-8-18(27)9-11-26/h3-7,12-15,18,27H,8-11H2,1-2H3,(H,25,28)/t14-,15+/m1/s1. The first-order valence-corrected chi connectivity index (χ1v) is 10.2. The number of hydrogen-bond acceptors (Lipinski definition) is 4. The number of aliphatic hydroxyl groups excluding tert-OH is 1. The van der Waals surface area contributed by atoms with E-state index in [0.717, 1.165) is 5.69 Å². The maximum absolute atomic E-state index is 13.9. The molecular formula is C22H26ClFN2O3. The number of benzene rings is 2. The molecule has 29 heavy (non-hydrogen) atoms. The van der Waals surface area contributed by atoms with E-state index >= 15 is 0 Å². The fourth-order valence-corrected chi connectivity index (χ4v) is 3.65. The SMILES string of the molecule is C[C@H](Oc1cccc(Cl)c1)C(=O)N[C@H](C)c1cc(F)ccc1N1CCC(O)CC1. The first kappa shape index (κ1) is 21.4. The first-order valence-electron chi connectivity index (χ1n) is 9.78. The predicted molar refractivity (Wildman–Crippen MR) is 112 cm³/mol. The fourth-order valence-electron chi connectivity index (χ4n) is 3.47. The van der Waals surface area contributed by atoms with E-state index in [1.165, 1.54) is 12.1 Å². The lowest BCUT2D eigenvalue weighted by molar-refractivity contribution is -0.127. The molecule has 1 heterocycles. The number of amides is 1. The maximum Gasteiger partial charge on any atom is 0.261 e. The third-order valence-electron chi connectivity index (χ3n) is 5.10. The summed E-state index contributed by atoms with van der Waals surface area (Å²) in [5.74, 6) is -0.155. The number of halogens is 2. The van der Waals surface area contributed by atoms with Crippen LogP contribution in [-0.2, 0) is 4.79 Å². The van der Waals surface area contributed by atoms with Gasteiger partial charge in [0.25, 0.3) is 5.91 Å². The van der Waals surface area contributed by atoms with Gasteiger partial charge in [0.2, 0.25) is 0 Å². The summed E-state index contributed by atoms with van der Waals surface area (Å²) in [6.07, 6.45) is 0.305. The predicted octanol–water partition coefficient (Wildman–Crippen LogP) is 4.08. The summed E-state index contributed by atoms with van der Waals surface area (Å²) in [5, 5.41) is 13.2. The highest BCUT2D eigenvalue weighted by molar-refractivity contribution is 6.30. The minimum absolute atomic E-state index is 0.295. The molecule has 5 nitrogen and oxygen atoms in total. The van der Waals surface area contributed by atoms with Crippen LogP contribution in [0.2, 0.25) is 5.02 Å². The summed E-state index contributed by atoms with van der Waals surface area (Å²) in [6, 6.07) is 11.0. The maximum atomic E-state index is 13.9. The van der Waals surface area contributed by atoms with Gasteiger partial charge in [0.15, 0.2) is 6.10 Å². The van der Waals surface area contributed by atoms with Crippen LogP contribution in [0.1, 0.15) is 38.3 Å². The van der Waals surface area contributed by atoms with Crippen LogP contribution >= 0.6 is 11.6 Å². The smallest absolute Gasteiger partial charge is 0.261 e. The van der Waals surface area contributed by atoms with E-state index in [-0.39, 0.29) is 17.8 Å². The molecular weight excluding hydrogens is 395 g/mol. The van der Waals surface area contributed by atoms with Gasteiger partial charge < -0.3 is 20.1 Å². The summed E-state index contributed by atoms with van der Waals surface area (Å²) < 4.78 is 19.6. The molecule has 1 saturated heterocycles.